The molecule has 5 aromatic rings. The number of benzene rings is 2. The van der Waals surface area contributed by atoms with Crippen LogP contribution in [0.1, 0.15) is 11.3 Å². The van der Waals surface area contributed by atoms with Crippen LogP contribution in [0, 0.1) is 0 Å². The van der Waals surface area contributed by atoms with Gasteiger partial charge in [-0.3, -0.25) is 9.78 Å². The van der Waals surface area contributed by atoms with Crippen molar-refractivity contribution >= 4 is 23.3 Å². The number of nitrogens with zero attached hydrogens (tertiary/aromatic N) is 2. The SMILES string of the molecule is Cl.O=c1[nH]ccc2nc(-c3ccc(CNCCc4ccccn4)cc3)c(-c3ccccc3)cc12. The zero-order chi connectivity index (χ0) is 22.5. The van der Waals surface area contributed by atoms with Crippen LogP contribution >= 0.6 is 12.4 Å². The Labute approximate surface area is 204 Å². The predicted octanol–water partition coefficient (Wildman–Crippen LogP) is 5.41. The topological polar surface area (TPSA) is 70.7 Å². The summed E-state index contributed by atoms with van der Waals surface area (Å²) in [5.41, 5.74) is 6.73. The maximum Gasteiger partial charge on any atom is 0.257 e. The van der Waals surface area contributed by atoms with Gasteiger partial charge in [0.15, 0.2) is 0 Å². The molecule has 5 nitrogen and oxygen atoms in total. The quantitative estimate of drug-likeness (QED) is 0.313. The lowest BCUT2D eigenvalue weighted by Crippen LogP contribution is -2.17. The third-order valence-corrected chi connectivity index (χ3v) is 5.68. The van der Waals surface area contributed by atoms with Gasteiger partial charge in [-0.25, -0.2) is 4.98 Å². The van der Waals surface area contributed by atoms with Crippen molar-refractivity contribution < 1.29 is 0 Å². The molecule has 0 saturated heterocycles. The summed E-state index contributed by atoms with van der Waals surface area (Å²) in [5, 5.41) is 4.07. The second-order valence-electron chi connectivity index (χ2n) is 7.93. The highest BCUT2D eigenvalue weighted by atomic mass is 35.5. The monoisotopic (exact) mass is 468 g/mol. The molecule has 0 unspecified atom stereocenters. The Morgan fingerprint density at radius 3 is 2.41 bits per heavy atom. The van der Waals surface area contributed by atoms with E-state index in [0.717, 1.165) is 47.6 Å². The van der Waals surface area contributed by atoms with Gasteiger partial charge in [-0.05, 0) is 35.4 Å². The number of H-pyrrole nitrogens is 1. The van der Waals surface area contributed by atoms with Gasteiger partial charge in [0.25, 0.3) is 5.56 Å². The fraction of sp³-hybridized carbons (Fsp3) is 0.107. The van der Waals surface area contributed by atoms with Crippen molar-refractivity contribution in [3.05, 3.63) is 119 Å². The number of hydrogen-bond acceptors (Lipinski definition) is 4. The van der Waals surface area contributed by atoms with E-state index in [0.29, 0.717) is 10.9 Å². The highest BCUT2D eigenvalue weighted by molar-refractivity contribution is 5.91. The van der Waals surface area contributed by atoms with Gasteiger partial charge >= 0.3 is 0 Å². The molecule has 0 bridgehead atoms. The average molecular weight is 469 g/mol. The summed E-state index contributed by atoms with van der Waals surface area (Å²) in [5.74, 6) is 0. The molecule has 6 heteroatoms. The van der Waals surface area contributed by atoms with E-state index in [2.05, 4.69) is 39.6 Å². The van der Waals surface area contributed by atoms with E-state index in [1.165, 1.54) is 5.56 Å². The maximum atomic E-state index is 12.4. The van der Waals surface area contributed by atoms with Crippen molar-refractivity contribution in [2.45, 2.75) is 13.0 Å². The minimum absolute atomic E-state index is 0. The fourth-order valence-corrected chi connectivity index (χ4v) is 3.94. The third-order valence-electron chi connectivity index (χ3n) is 5.68. The molecule has 0 aliphatic carbocycles. The van der Waals surface area contributed by atoms with Crippen LogP contribution < -0.4 is 10.9 Å². The average Bonchev–Trinajstić information content (AvgIpc) is 2.88. The molecule has 0 aliphatic rings. The molecule has 34 heavy (non-hydrogen) atoms. The molecule has 0 atom stereocenters. The molecule has 2 aromatic carbocycles. The Morgan fingerprint density at radius 2 is 1.65 bits per heavy atom. The third kappa shape index (κ3) is 5.22. The molecular weight excluding hydrogens is 444 g/mol. The van der Waals surface area contributed by atoms with E-state index in [4.69, 9.17) is 4.98 Å². The zero-order valence-electron chi connectivity index (χ0n) is 18.6. The minimum Gasteiger partial charge on any atom is -0.328 e. The van der Waals surface area contributed by atoms with Crippen molar-refractivity contribution in [2.75, 3.05) is 6.54 Å². The number of halogens is 1. The molecule has 0 radical (unpaired) electrons. The molecule has 0 saturated carbocycles. The second-order valence-corrected chi connectivity index (χ2v) is 7.93. The second kappa shape index (κ2) is 10.9. The Kier molecular flexibility index (Phi) is 7.48. The Bertz CT molecular complexity index is 1420. The lowest BCUT2D eigenvalue weighted by atomic mass is 9.97. The van der Waals surface area contributed by atoms with Crippen LogP contribution in [0.25, 0.3) is 33.3 Å². The van der Waals surface area contributed by atoms with Gasteiger partial charge in [-0.2, -0.15) is 0 Å². The number of fused-ring (bicyclic) bond motifs is 1. The summed E-state index contributed by atoms with van der Waals surface area (Å²) in [6.07, 6.45) is 4.37. The number of pyridine rings is 3. The minimum atomic E-state index is -0.129. The maximum absolute atomic E-state index is 12.4. The first-order valence-corrected chi connectivity index (χ1v) is 11.1. The molecule has 3 aromatic heterocycles. The zero-order valence-corrected chi connectivity index (χ0v) is 19.4. The van der Waals surface area contributed by atoms with Crippen LogP contribution in [0.5, 0.6) is 0 Å². The van der Waals surface area contributed by atoms with Crippen LogP contribution in [0.2, 0.25) is 0 Å². The Morgan fingerprint density at radius 1 is 0.853 bits per heavy atom. The Hall–Kier alpha value is -3.80. The lowest BCUT2D eigenvalue weighted by Gasteiger charge is -2.12. The molecule has 0 spiro atoms. The van der Waals surface area contributed by atoms with Crippen molar-refractivity contribution in [3.63, 3.8) is 0 Å². The van der Waals surface area contributed by atoms with Crippen LogP contribution in [0.4, 0.5) is 0 Å². The predicted molar refractivity (Wildman–Crippen MR) is 140 cm³/mol. The van der Waals surface area contributed by atoms with Gasteiger partial charge in [0.2, 0.25) is 0 Å². The van der Waals surface area contributed by atoms with E-state index in [9.17, 15) is 4.79 Å². The van der Waals surface area contributed by atoms with Crippen LogP contribution in [0.3, 0.4) is 0 Å². The number of nitrogens with one attached hydrogen (secondary N) is 2. The van der Waals surface area contributed by atoms with Crippen LogP contribution in [-0.4, -0.2) is 21.5 Å². The van der Waals surface area contributed by atoms with E-state index in [1.807, 2.05) is 66.9 Å². The van der Waals surface area contributed by atoms with E-state index in [-0.39, 0.29) is 18.0 Å². The Balaban J connectivity index is 0.00000274. The standard InChI is InChI=1S/C28H24N4O.ClH/c33-28-25-18-24(21-6-2-1-3-7-21)27(32-26(25)14-17-31-28)22-11-9-20(10-12-22)19-29-16-13-23-8-4-5-15-30-23;/h1-12,14-15,17-18,29H,13,16,19H2,(H,31,33);1H. The number of aromatic amines is 1. The first-order chi connectivity index (χ1) is 16.3. The number of aromatic nitrogens is 3. The molecule has 3 heterocycles. The summed E-state index contributed by atoms with van der Waals surface area (Å²) >= 11 is 0. The highest BCUT2D eigenvalue weighted by Crippen LogP contribution is 2.32. The van der Waals surface area contributed by atoms with Gasteiger partial charge in [-0.15, -0.1) is 12.4 Å². The summed E-state index contributed by atoms with van der Waals surface area (Å²) in [7, 11) is 0. The first kappa shape index (κ1) is 23.4. The summed E-state index contributed by atoms with van der Waals surface area (Å²) in [6, 6.07) is 28.3. The molecular formula is C28H25ClN4O. The van der Waals surface area contributed by atoms with E-state index < -0.39 is 0 Å². The normalized spacial score (nSPS) is 10.7. The number of rotatable bonds is 7. The van der Waals surface area contributed by atoms with E-state index in [1.54, 1.807) is 6.20 Å². The van der Waals surface area contributed by atoms with Gasteiger partial charge in [0, 0.05) is 48.7 Å². The van der Waals surface area contributed by atoms with Crippen LogP contribution in [0.15, 0.2) is 102 Å². The molecule has 0 amide bonds. The summed E-state index contributed by atoms with van der Waals surface area (Å²) in [6.45, 7) is 1.66. The van der Waals surface area contributed by atoms with Crippen molar-refractivity contribution in [3.8, 4) is 22.4 Å². The van der Waals surface area contributed by atoms with Crippen LogP contribution in [-0.2, 0) is 13.0 Å². The molecule has 170 valence electrons. The summed E-state index contributed by atoms with van der Waals surface area (Å²) < 4.78 is 0. The van der Waals surface area contributed by atoms with Crippen molar-refractivity contribution in [1.29, 1.82) is 0 Å². The van der Waals surface area contributed by atoms with Gasteiger partial charge in [-0.1, -0.05) is 60.7 Å². The molecule has 0 aliphatic heterocycles. The smallest absolute Gasteiger partial charge is 0.257 e. The van der Waals surface area contributed by atoms with Crippen molar-refractivity contribution in [1.82, 2.24) is 20.3 Å². The van der Waals surface area contributed by atoms with Gasteiger partial charge < -0.3 is 10.3 Å². The molecule has 5 rings (SSSR count). The molecule has 0 fully saturated rings. The van der Waals surface area contributed by atoms with Gasteiger partial charge in [0.1, 0.15) is 0 Å². The summed E-state index contributed by atoms with van der Waals surface area (Å²) in [4.78, 5) is 24.4. The van der Waals surface area contributed by atoms with Crippen molar-refractivity contribution in [2.24, 2.45) is 0 Å². The largest absolute Gasteiger partial charge is 0.328 e. The first-order valence-electron chi connectivity index (χ1n) is 11.1. The lowest BCUT2D eigenvalue weighted by molar-refractivity contribution is 0.680. The highest BCUT2D eigenvalue weighted by Gasteiger charge is 2.13. The fourth-order valence-electron chi connectivity index (χ4n) is 3.94. The van der Waals surface area contributed by atoms with Gasteiger partial charge in [0.05, 0.1) is 16.6 Å². The molecule has 2 N–H and O–H groups in total. The number of hydrogen-bond donors (Lipinski definition) is 2. The van der Waals surface area contributed by atoms with E-state index >= 15 is 0 Å².